The Morgan fingerprint density at radius 2 is 1.85 bits per heavy atom. The van der Waals surface area contributed by atoms with E-state index in [1.807, 2.05) is 28.8 Å². The summed E-state index contributed by atoms with van der Waals surface area (Å²) in [6.45, 7) is 2.27. The Balaban J connectivity index is 1.42. The van der Waals surface area contributed by atoms with Gasteiger partial charge >= 0.3 is 6.18 Å². The van der Waals surface area contributed by atoms with E-state index >= 15 is 0 Å². The van der Waals surface area contributed by atoms with Crippen molar-refractivity contribution in [2.75, 3.05) is 36.0 Å². The predicted octanol–water partition coefficient (Wildman–Crippen LogP) is 2.27. The quantitative estimate of drug-likeness (QED) is 0.365. The average molecular weight is 579 g/mol. The predicted molar refractivity (Wildman–Crippen MR) is 135 cm³/mol. The van der Waals surface area contributed by atoms with Crippen LogP contribution in [0.3, 0.4) is 0 Å². The highest BCUT2D eigenvalue weighted by atomic mass is 32.2. The molecule has 1 N–H and O–H groups in total. The van der Waals surface area contributed by atoms with Crippen LogP contribution in [0.15, 0.2) is 35.7 Å². The number of piperazine rings is 1. The summed E-state index contributed by atoms with van der Waals surface area (Å²) in [4.78, 5) is 12.7. The third-order valence-corrected chi connectivity index (χ3v) is 9.22. The minimum atomic E-state index is -4.67. The smallest absolute Gasteiger partial charge is 0.366 e. The Morgan fingerprint density at radius 1 is 1.13 bits per heavy atom. The Kier molecular flexibility index (Phi) is 5.82. The standard InChI is InChI=1S/C22H21F3N10O2S2/c1-32-5-4-27-20(32)34-8-6-33(7-9-34)15-10-14(39(36,37)31-21(13-26)2-3-21)12-35-16(15)11-28-17(35)18-29-30-19(38-18)22(23,24)25/h4-5,10-12,31H,2-3,6-9H2,1H3. The first-order chi connectivity index (χ1) is 18.5. The molecule has 2 fully saturated rings. The van der Waals surface area contributed by atoms with E-state index in [9.17, 15) is 26.9 Å². The summed E-state index contributed by atoms with van der Waals surface area (Å²) in [6.07, 6.45) is 2.46. The fourth-order valence-corrected chi connectivity index (χ4v) is 6.63. The van der Waals surface area contributed by atoms with Crippen molar-refractivity contribution in [2.24, 2.45) is 7.05 Å². The molecule has 39 heavy (non-hydrogen) atoms. The van der Waals surface area contributed by atoms with Gasteiger partial charge in [-0.05, 0) is 18.9 Å². The van der Waals surface area contributed by atoms with Crippen LogP contribution < -0.4 is 14.5 Å². The Bertz CT molecular complexity index is 1710. The molecule has 0 atom stereocenters. The lowest BCUT2D eigenvalue weighted by molar-refractivity contribution is -0.138. The number of hydrogen-bond acceptors (Lipinski definition) is 10. The summed E-state index contributed by atoms with van der Waals surface area (Å²) in [5, 5.41) is 15.1. The van der Waals surface area contributed by atoms with E-state index in [1.54, 1.807) is 6.20 Å². The molecule has 1 aliphatic carbocycles. The zero-order chi connectivity index (χ0) is 27.6. The van der Waals surface area contributed by atoms with Crippen LogP contribution in [0, 0.1) is 11.3 Å². The van der Waals surface area contributed by atoms with Gasteiger partial charge in [-0.3, -0.25) is 4.40 Å². The topological polar surface area (TPSA) is 137 Å². The molecular formula is C22H21F3N10O2S2. The van der Waals surface area contributed by atoms with Crippen molar-refractivity contribution in [3.8, 4) is 16.9 Å². The molecule has 0 aromatic carbocycles. The van der Waals surface area contributed by atoms with Crippen molar-refractivity contribution in [3.63, 3.8) is 0 Å². The molecule has 6 rings (SSSR count). The third-order valence-electron chi connectivity index (χ3n) is 6.76. The number of rotatable bonds is 6. The molecule has 204 valence electrons. The molecule has 12 nitrogen and oxygen atoms in total. The van der Waals surface area contributed by atoms with Crippen molar-refractivity contribution >= 4 is 38.5 Å². The molecule has 5 heterocycles. The van der Waals surface area contributed by atoms with Gasteiger partial charge in [-0.2, -0.15) is 23.2 Å². The van der Waals surface area contributed by atoms with Gasteiger partial charge in [0.05, 0.1) is 23.5 Å². The molecule has 0 radical (unpaired) electrons. The Morgan fingerprint density at radius 3 is 2.44 bits per heavy atom. The summed E-state index contributed by atoms with van der Waals surface area (Å²) in [6, 6.07) is 3.52. The first-order valence-corrected chi connectivity index (χ1v) is 14.1. The van der Waals surface area contributed by atoms with Gasteiger partial charge in [-0.1, -0.05) is 11.3 Å². The summed E-state index contributed by atoms with van der Waals surface area (Å²) in [5.41, 5.74) is -0.113. The van der Waals surface area contributed by atoms with Crippen molar-refractivity contribution in [1.29, 1.82) is 5.26 Å². The van der Waals surface area contributed by atoms with E-state index in [0.29, 0.717) is 61.6 Å². The van der Waals surface area contributed by atoms with E-state index < -0.39 is 26.7 Å². The number of nitriles is 1. The third kappa shape index (κ3) is 4.57. The van der Waals surface area contributed by atoms with Crippen molar-refractivity contribution < 1.29 is 21.6 Å². The van der Waals surface area contributed by atoms with E-state index in [2.05, 4.69) is 29.8 Å². The lowest BCUT2D eigenvalue weighted by Crippen LogP contribution is -2.47. The lowest BCUT2D eigenvalue weighted by Gasteiger charge is -2.37. The molecule has 0 unspecified atom stereocenters. The minimum absolute atomic E-state index is 0.0318. The van der Waals surface area contributed by atoms with Crippen LogP contribution in [-0.2, 0) is 23.2 Å². The van der Waals surface area contributed by atoms with Gasteiger partial charge in [-0.15, -0.1) is 10.2 Å². The average Bonchev–Trinajstić information content (AvgIpc) is 3.27. The zero-order valence-electron chi connectivity index (χ0n) is 20.4. The van der Waals surface area contributed by atoms with Gasteiger partial charge in [0.1, 0.15) is 10.4 Å². The van der Waals surface area contributed by atoms with Gasteiger partial charge in [-0.25, -0.2) is 18.4 Å². The zero-order valence-corrected chi connectivity index (χ0v) is 22.1. The van der Waals surface area contributed by atoms with Gasteiger partial charge < -0.3 is 14.4 Å². The number of pyridine rings is 1. The molecule has 1 saturated carbocycles. The summed E-state index contributed by atoms with van der Waals surface area (Å²) in [7, 11) is -2.25. The van der Waals surface area contributed by atoms with Crippen LogP contribution in [0.1, 0.15) is 17.8 Å². The fraction of sp³-hybridized carbons (Fsp3) is 0.409. The van der Waals surface area contributed by atoms with Crippen LogP contribution in [0.5, 0.6) is 0 Å². The van der Waals surface area contributed by atoms with Crippen molar-refractivity contribution in [3.05, 3.63) is 35.9 Å². The molecule has 1 saturated heterocycles. The molecule has 1 aliphatic heterocycles. The Hall–Kier alpha value is -3.75. The largest absolute Gasteiger partial charge is 0.445 e. The molecular weight excluding hydrogens is 557 g/mol. The first kappa shape index (κ1) is 25.5. The number of hydrogen-bond donors (Lipinski definition) is 1. The number of imidazole rings is 2. The normalized spacial score (nSPS) is 17.5. The number of anilines is 2. The molecule has 2 aliphatic rings. The maximum absolute atomic E-state index is 13.4. The first-order valence-electron chi connectivity index (χ1n) is 11.8. The van der Waals surface area contributed by atoms with Gasteiger partial charge in [0.25, 0.3) is 0 Å². The monoisotopic (exact) mass is 578 g/mol. The summed E-state index contributed by atoms with van der Waals surface area (Å²) in [5.74, 6) is 0.847. The van der Waals surface area contributed by atoms with E-state index in [0.717, 1.165) is 5.95 Å². The number of halogens is 3. The van der Waals surface area contributed by atoms with E-state index in [-0.39, 0.29) is 15.7 Å². The number of nitrogens with one attached hydrogen (secondary N) is 1. The van der Waals surface area contributed by atoms with Crippen molar-refractivity contribution in [1.82, 2.24) is 33.9 Å². The molecule has 4 aromatic rings. The Labute approximate surface area is 224 Å². The van der Waals surface area contributed by atoms with Gasteiger partial charge in [0.15, 0.2) is 10.8 Å². The van der Waals surface area contributed by atoms with Gasteiger partial charge in [0, 0.05) is 51.8 Å². The molecule has 17 heteroatoms. The van der Waals surface area contributed by atoms with Crippen LogP contribution in [-0.4, -0.2) is 69.3 Å². The highest BCUT2D eigenvalue weighted by Crippen LogP contribution is 2.38. The van der Waals surface area contributed by atoms with Crippen LogP contribution in [0.25, 0.3) is 16.3 Å². The van der Waals surface area contributed by atoms with Crippen LogP contribution >= 0.6 is 11.3 Å². The molecule has 0 bridgehead atoms. The lowest BCUT2D eigenvalue weighted by atomic mass is 10.2. The number of nitrogens with zero attached hydrogens (tertiary/aromatic N) is 9. The molecule has 4 aromatic heterocycles. The summed E-state index contributed by atoms with van der Waals surface area (Å²) >= 11 is 0.323. The number of aromatic nitrogens is 6. The van der Waals surface area contributed by atoms with Crippen LogP contribution in [0.2, 0.25) is 0 Å². The fourth-order valence-electron chi connectivity index (χ4n) is 4.53. The van der Waals surface area contributed by atoms with Gasteiger partial charge in [0.2, 0.25) is 21.0 Å². The van der Waals surface area contributed by atoms with Crippen LogP contribution in [0.4, 0.5) is 24.8 Å². The van der Waals surface area contributed by atoms with E-state index in [4.69, 9.17) is 0 Å². The number of fused-ring (bicyclic) bond motifs is 1. The second-order valence-electron chi connectivity index (χ2n) is 9.42. The maximum atomic E-state index is 13.4. The number of sulfonamides is 1. The van der Waals surface area contributed by atoms with E-state index in [1.165, 1.54) is 22.9 Å². The summed E-state index contributed by atoms with van der Waals surface area (Å²) < 4.78 is 72.1. The second kappa shape index (κ2) is 8.89. The minimum Gasteiger partial charge on any atom is -0.366 e. The molecule has 0 amide bonds. The highest BCUT2D eigenvalue weighted by Gasteiger charge is 2.47. The number of alkyl halides is 3. The highest BCUT2D eigenvalue weighted by molar-refractivity contribution is 7.89. The second-order valence-corrected chi connectivity index (χ2v) is 12.1. The van der Waals surface area contributed by atoms with Crippen molar-refractivity contribution in [2.45, 2.75) is 29.5 Å². The SMILES string of the molecule is Cn1ccnc1N1CCN(c2cc(S(=O)(=O)NC3(C#N)CC3)cn3c(-c4nnc(C(F)(F)F)s4)ncc23)CC1. The maximum Gasteiger partial charge on any atom is 0.445 e. The molecule has 0 spiro atoms. The number of aryl methyl sites for hydroxylation is 1.